The van der Waals surface area contributed by atoms with E-state index in [9.17, 15) is 9.18 Å². The van der Waals surface area contributed by atoms with Crippen LogP contribution in [0, 0.1) is 11.7 Å². The van der Waals surface area contributed by atoms with Crippen LogP contribution >= 0.6 is 0 Å². The number of nitrogens with zero attached hydrogens (tertiary/aromatic N) is 1. The van der Waals surface area contributed by atoms with Gasteiger partial charge in [-0.1, -0.05) is 12.1 Å². The van der Waals surface area contributed by atoms with Crippen LogP contribution in [0.25, 0.3) is 0 Å². The number of carbonyl (C=O) groups is 1. The number of hydrogen-bond donors (Lipinski definition) is 1. The lowest BCUT2D eigenvalue weighted by atomic mass is 9.96. The Kier molecular flexibility index (Phi) is 5.99. The Morgan fingerprint density at radius 1 is 1.26 bits per heavy atom. The first-order valence-corrected chi connectivity index (χ1v) is 8.25. The summed E-state index contributed by atoms with van der Waals surface area (Å²) in [5.41, 5.74) is 0.680. The summed E-state index contributed by atoms with van der Waals surface area (Å²) in [5.74, 6) is 0.299. The average molecular weight is 322 g/mol. The Balaban J connectivity index is 1.67. The standard InChI is InChI=1S/C18H27FN2O2/c1-18(2,3)23-17(22)20-12-14-8-10-21(11-9-14)13-15-4-6-16(19)7-5-15/h4-7,14H,8-13H2,1-3H3,(H,20,22). The zero-order chi connectivity index (χ0) is 16.9. The van der Waals surface area contributed by atoms with Crippen molar-refractivity contribution in [3.63, 3.8) is 0 Å². The summed E-state index contributed by atoms with van der Waals surface area (Å²) in [4.78, 5) is 14.0. The smallest absolute Gasteiger partial charge is 0.407 e. The lowest BCUT2D eigenvalue weighted by Crippen LogP contribution is -2.40. The summed E-state index contributed by atoms with van der Waals surface area (Å²) in [5, 5.41) is 2.86. The lowest BCUT2D eigenvalue weighted by Gasteiger charge is -2.32. The highest BCUT2D eigenvalue weighted by Crippen LogP contribution is 2.19. The molecule has 0 saturated carbocycles. The van der Waals surface area contributed by atoms with Gasteiger partial charge in [-0.2, -0.15) is 0 Å². The summed E-state index contributed by atoms with van der Waals surface area (Å²) in [6.07, 6.45) is 1.76. The molecule has 2 rings (SSSR count). The second kappa shape index (κ2) is 7.77. The quantitative estimate of drug-likeness (QED) is 0.921. The maximum Gasteiger partial charge on any atom is 0.407 e. The molecule has 0 unspecified atom stereocenters. The third-order valence-electron chi connectivity index (χ3n) is 3.96. The van der Waals surface area contributed by atoms with Gasteiger partial charge >= 0.3 is 6.09 Å². The van der Waals surface area contributed by atoms with Gasteiger partial charge in [0.2, 0.25) is 0 Å². The normalized spacial score (nSPS) is 17.0. The molecule has 1 fully saturated rings. The van der Waals surface area contributed by atoms with E-state index in [1.807, 2.05) is 32.9 Å². The van der Waals surface area contributed by atoms with E-state index in [0.29, 0.717) is 12.5 Å². The minimum atomic E-state index is -0.456. The van der Waals surface area contributed by atoms with Crippen molar-refractivity contribution < 1.29 is 13.9 Å². The Morgan fingerprint density at radius 2 is 1.87 bits per heavy atom. The van der Waals surface area contributed by atoms with Crippen molar-refractivity contribution in [2.45, 2.75) is 45.8 Å². The molecular weight excluding hydrogens is 295 g/mol. The fourth-order valence-corrected chi connectivity index (χ4v) is 2.74. The molecule has 1 aliphatic heterocycles. The lowest BCUT2D eigenvalue weighted by molar-refractivity contribution is 0.0509. The Labute approximate surface area is 138 Å². The molecule has 5 heteroatoms. The molecule has 0 radical (unpaired) electrons. The number of likely N-dealkylation sites (tertiary alicyclic amines) is 1. The van der Waals surface area contributed by atoms with E-state index in [0.717, 1.165) is 38.0 Å². The van der Waals surface area contributed by atoms with Gasteiger partial charge in [0, 0.05) is 13.1 Å². The van der Waals surface area contributed by atoms with Crippen LogP contribution in [-0.4, -0.2) is 36.2 Å². The topological polar surface area (TPSA) is 41.6 Å². The highest BCUT2D eigenvalue weighted by Gasteiger charge is 2.21. The number of carbonyl (C=O) groups excluding carboxylic acids is 1. The van der Waals surface area contributed by atoms with Crippen molar-refractivity contribution in [1.29, 1.82) is 0 Å². The molecular formula is C18H27FN2O2. The van der Waals surface area contributed by atoms with Crippen molar-refractivity contribution in [1.82, 2.24) is 10.2 Å². The molecule has 1 saturated heterocycles. The summed E-state index contributed by atoms with van der Waals surface area (Å²) in [7, 11) is 0. The molecule has 1 heterocycles. The van der Waals surface area contributed by atoms with Gasteiger partial charge in [0.05, 0.1) is 0 Å². The summed E-state index contributed by atoms with van der Waals surface area (Å²) in [6.45, 7) is 9.10. The molecule has 0 aromatic heterocycles. The Hall–Kier alpha value is -1.62. The van der Waals surface area contributed by atoms with Crippen LogP contribution < -0.4 is 5.32 Å². The zero-order valence-corrected chi connectivity index (χ0v) is 14.3. The fourth-order valence-electron chi connectivity index (χ4n) is 2.74. The molecule has 1 aromatic rings. The van der Waals surface area contributed by atoms with Gasteiger partial charge in [0.15, 0.2) is 0 Å². The molecule has 1 aliphatic rings. The number of alkyl carbamates (subject to hydrolysis) is 1. The van der Waals surface area contributed by atoms with E-state index in [2.05, 4.69) is 10.2 Å². The predicted octanol–water partition coefficient (Wildman–Crippen LogP) is 3.56. The number of nitrogens with one attached hydrogen (secondary N) is 1. The molecule has 4 nitrogen and oxygen atoms in total. The number of piperidine rings is 1. The van der Waals surface area contributed by atoms with Crippen molar-refractivity contribution in [3.05, 3.63) is 35.6 Å². The van der Waals surface area contributed by atoms with E-state index in [4.69, 9.17) is 4.74 Å². The third kappa shape index (κ3) is 6.57. The average Bonchev–Trinajstić information content (AvgIpc) is 2.47. The van der Waals surface area contributed by atoms with Crippen LogP contribution in [0.3, 0.4) is 0 Å². The first-order chi connectivity index (χ1) is 10.8. The molecule has 128 valence electrons. The Bertz CT molecular complexity index is 503. The van der Waals surface area contributed by atoms with Crippen molar-refractivity contribution in [3.8, 4) is 0 Å². The van der Waals surface area contributed by atoms with Gasteiger partial charge in [-0.25, -0.2) is 9.18 Å². The molecule has 0 spiro atoms. The number of benzene rings is 1. The van der Waals surface area contributed by atoms with Crippen molar-refractivity contribution >= 4 is 6.09 Å². The molecule has 1 N–H and O–H groups in total. The van der Waals surface area contributed by atoms with Gasteiger partial charge in [0.25, 0.3) is 0 Å². The summed E-state index contributed by atoms with van der Waals surface area (Å²) in [6, 6.07) is 6.69. The Morgan fingerprint density at radius 3 is 2.43 bits per heavy atom. The number of halogens is 1. The van der Waals surface area contributed by atoms with Crippen LogP contribution in [0.1, 0.15) is 39.2 Å². The van der Waals surface area contributed by atoms with Crippen LogP contribution in [0.15, 0.2) is 24.3 Å². The van der Waals surface area contributed by atoms with Crippen molar-refractivity contribution in [2.24, 2.45) is 5.92 Å². The van der Waals surface area contributed by atoms with Crippen LogP contribution in [0.5, 0.6) is 0 Å². The second-order valence-electron chi connectivity index (χ2n) is 7.23. The van der Waals surface area contributed by atoms with Gasteiger partial charge in [0.1, 0.15) is 11.4 Å². The molecule has 0 bridgehead atoms. The van der Waals surface area contributed by atoms with E-state index in [1.54, 1.807) is 0 Å². The first-order valence-electron chi connectivity index (χ1n) is 8.25. The maximum absolute atomic E-state index is 12.9. The molecule has 23 heavy (non-hydrogen) atoms. The summed E-state index contributed by atoms with van der Waals surface area (Å²) >= 11 is 0. The minimum absolute atomic E-state index is 0.194. The second-order valence-corrected chi connectivity index (χ2v) is 7.23. The van der Waals surface area contributed by atoms with Gasteiger partial charge in [-0.05, 0) is 70.3 Å². The van der Waals surface area contributed by atoms with E-state index in [1.165, 1.54) is 12.1 Å². The fraction of sp³-hybridized carbons (Fsp3) is 0.611. The predicted molar refractivity (Wildman–Crippen MR) is 88.6 cm³/mol. The van der Waals surface area contributed by atoms with Crippen LogP contribution in [0.4, 0.5) is 9.18 Å². The molecule has 0 atom stereocenters. The number of amides is 1. The van der Waals surface area contributed by atoms with E-state index >= 15 is 0 Å². The third-order valence-corrected chi connectivity index (χ3v) is 3.96. The van der Waals surface area contributed by atoms with E-state index in [-0.39, 0.29) is 11.9 Å². The van der Waals surface area contributed by atoms with Crippen molar-refractivity contribution in [2.75, 3.05) is 19.6 Å². The van der Waals surface area contributed by atoms with Gasteiger partial charge < -0.3 is 10.1 Å². The van der Waals surface area contributed by atoms with E-state index < -0.39 is 5.60 Å². The molecule has 1 aromatic carbocycles. The number of hydrogen-bond acceptors (Lipinski definition) is 3. The minimum Gasteiger partial charge on any atom is -0.444 e. The van der Waals surface area contributed by atoms with Gasteiger partial charge in [-0.15, -0.1) is 0 Å². The highest BCUT2D eigenvalue weighted by molar-refractivity contribution is 5.67. The molecule has 1 amide bonds. The monoisotopic (exact) mass is 322 g/mol. The zero-order valence-electron chi connectivity index (χ0n) is 14.3. The largest absolute Gasteiger partial charge is 0.444 e. The van der Waals surface area contributed by atoms with Crippen LogP contribution in [0.2, 0.25) is 0 Å². The number of rotatable bonds is 4. The number of ether oxygens (including phenoxy) is 1. The summed E-state index contributed by atoms with van der Waals surface area (Å²) < 4.78 is 18.2. The maximum atomic E-state index is 12.9. The SMILES string of the molecule is CC(C)(C)OC(=O)NCC1CCN(Cc2ccc(F)cc2)CC1. The first kappa shape index (κ1) is 17.7. The highest BCUT2D eigenvalue weighted by atomic mass is 19.1. The molecule has 0 aliphatic carbocycles. The van der Waals surface area contributed by atoms with Crippen LogP contribution in [-0.2, 0) is 11.3 Å². The van der Waals surface area contributed by atoms with Gasteiger partial charge in [-0.3, -0.25) is 4.90 Å².